The molecule has 1 aliphatic heterocycles. The van der Waals surface area contributed by atoms with Gasteiger partial charge in [0.1, 0.15) is 16.0 Å². The zero-order chi connectivity index (χ0) is 23.3. The van der Waals surface area contributed by atoms with E-state index in [1.807, 2.05) is 0 Å². The van der Waals surface area contributed by atoms with Crippen molar-refractivity contribution < 1.29 is 17.6 Å². The highest BCUT2D eigenvalue weighted by Crippen LogP contribution is 2.31. The van der Waals surface area contributed by atoms with E-state index < -0.39 is 21.3 Å². The number of hydrogen-bond acceptors (Lipinski definition) is 6. The molecule has 4 unspecified atom stereocenters. The van der Waals surface area contributed by atoms with Gasteiger partial charge in [0.2, 0.25) is 5.91 Å². The molecule has 3 rings (SSSR count). The summed E-state index contributed by atoms with van der Waals surface area (Å²) in [7, 11) is -3.15. The molecule has 4 N–H and O–H groups in total. The van der Waals surface area contributed by atoms with E-state index in [1.165, 1.54) is 6.26 Å². The molecule has 8 nitrogen and oxygen atoms in total. The Hall–Kier alpha value is -1.26. The van der Waals surface area contributed by atoms with Crippen molar-refractivity contribution in [1.82, 2.24) is 21.5 Å². The molecule has 0 aromatic rings. The van der Waals surface area contributed by atoms with Gasteiger partial charge in [0.05, 0.1) is 11.4 Å². The zero-order valence-corrected chi connectivity index (χ0v) is 20.4. The van der Waals surface area contributed by atoms with Crippen molar-refractivity contribution in [2.45, 2.75) is 95.3 Å². The number of nitrogens with zero attached hydrogens (tertiary/aromatic N) is 1. The van der Waals surface area contributed by atoms with Crippen LogP contribution in [0.25, 0.3) is 0 Å². The standard InChI is InChI=1S/C22H40FN5O3S/c1-14(2)13-24-22(26-21(29)16-5-4-6-18(11-16)32(3,30)31)25-20-12-19(27-28-20)15-7-9-17(23)10-8-15/h14-20,27-28H,4-13H2,1-3H3,(H2,24,25,26,29). The molecule has 1 heterocycles. The SMILES string of the molecule is CC(C)CN=C(NC(=O)C1CCCC(S(C)(=O)=O)C1)NC1CC(C2CCC(F)CC2)NN1. The van der Waals surface area contributed by atoms with E-state index in [2.05, 4.69) is 40.3 Å². The Bertz CT molecular complexity index is 768. The van der Waals surface area contributed by atoms with E-state index in [0.717, 1.165) is 25.7 Å². The van der Waals surface area contributed by atoms with Crippen LogP contribution in [-0.4, -0.2) is 56.7 Å². The van der Waals surface area contributed by atoms with Gasteiger partial charge in [0.15, 0.2) is 5.96 Å². The van der Waals surface area contributed by atoms with Gasteiger partial charge in [-0.1, -0.05) is 20.3 Å². The van der Waals surface area contributed by atoms with E-state index in [1.54, 1.807) is 0 Å². The van der Waals surface area contributed by atoms with Crippen LogP contribution < -0.4 is 21.5 Å². The minimum atomic E-state index is -3.15. The van der Waals surface area contributed by atoms with Gasteiger partial charge in [-0.25, -0.2) is 18.2 Å². The average molecular weight is 474 g/mol. The van der Waals surface area contributed by atoms with Gasteiger partial charge in [-0.3, -0.25) is 20.5 Å². The first-order valence-corrected chi connectivity index (χ1v) is 14.0. The number of hydrazine groups is 1. The van der Waals surface area contributed by atoms with Crippen molar-refractivity contribution >= 4 is 21.7 Å². The zero-order valence-electron chi connectivity index (χ0n) is 19.6. The summed E-state index contributed by atoms with van der Waals surface area (Å²) in [5.41, 5.74) is 6.58. The van der Waals surface area contributed by atoms with Crippen LogP contribution >= 0.6 is 0 Å². The molecule has 0 aromatic heterocycles. The highest BCUT2D eigenvalue weighted by atomic mass is 32.2. The van der Waals surface area contributed by atoms with Crippen LogP contribution in [0, 0.1) is 17.8 Å². The molecule has 2 saturated carbocycles. The second-order valence-electron chi connectivity index (χ2n) is 10.2. The summed E-state index contributed by atoms with van der Waals surface area (Å²) in [6.45, 7) is 4.70. The molecule has 1 amide bonds. The number of carbonyl (C=O) groups excluding carboxylic acids is 1. The van der Waals surface area contributed by atoms with E-state index in [9.17, 15) is 17.6 Å². The molecule has 2 aliphatic carbocycles. The lowest BCUT2D eigenvalue weighted by atomic mass is 9.82. The largest absolute Gasteiger partial charge is 0.339 e. The monoisotopic (exact) mass is 473 g/mol. The fourth-order valence-electron chi connectivity index (χ4n) is 5.02. The predicted molar refractivity (Wildman–Crippen MR) is 124 cm³/mol. The maximum atomic E-state index is 13.5. The second-order valence-corrected chi connectivity index (χ2v) is 12.6. The molecule has 1 saturated heterocycles. The third kappa shape index (κ3) is 7.38. The third-order valence-electron chi connectivity index (χ3n) is 6.97. The van der Waals surface area contributed by atoms with Crippen LogP contribution in [0.3, 0.4) is 0 Å². The Kier molecular flexibility index (Phi) is 8.91. The summed E-state index contributed by atoms with van der Waals surface area (Å²) in [4.78, 5) is 17.5. The minimum Gasteiger partial charge on any atom is -0.339 e. The minimum absolute atomic E-state index is 0.0931. The number of carbonyl (C=O) groups is 1. The molecule has 4 atom stereocenters. The van der Waals surface area contributed by atoms with Crippen molar-refractivity contribution in [3.05, 3.63) is 0 Å². The van der Waals surface area contributed by atoms with Crippen molar-refractivity contribution in [1.29, 1.82) is 0 Å². The Morgan fingerprint density at radius 2 is 1.81 bits per heavy atom. The van der Waals surface area contributed by atoms with Crippen LogP contribution in [0.1, 0.15) is 71.6 Å². The highest BCUT2D eigenvalue weighted by molar-refractivity contribution is 7.91. The summed E-state index contributed by atoms with van der Waals surface area (Å²) in [5.74, 6) is 0.718. The molecule has 0 spiro atoms. The number of guanidine groups is 1. The van der Waals surface area contributed by atoms with Gasteiger partial charge in [-0.05, 0) is 63.2 Å². The summed E-state index contributed by atoms with van der Waals surface area (Å²) >= 11 is 0. The lowest BCUT2D eigenvalue weighted by Crippen LogP contribution is -2.52. The number of alkyl halides is 1. The second kappa shape index (κ2) is 11.2. The van der Waals surface area contributed by atoms with Gasteiger partial charge in [0, 0.05) is 24.8 Å². The molecule has 0 radical (unpaired) electrons. The van der Waals surface area contributed by atoms with Gasteiger partial charge >= 0.3 is 0 Å². The molecule has 3 aliphatic rings. The molecular weight excluding hydrogens is 433 g/mol. The molecule has 0 bridgehead atoms. The van der Waals surface area contributed by atoms with E-state index in [-0.39, 0.29) is 24.0 Å². The first kappa shape index (κ1) is 25.4. The maximum absolute atomic E-state index is 13.5. The van der Waals surface area contributed by atoms with Crippen LogP contribution in [0.2, 0.25) is 0 Å². The maximum Gasteiger partial charge on any atom is 0.229 e. The number of sulfone groups is 1. The Balaban J connectivity index is 1.57. The third-order valence-corrected chi connectivity index (χ3v) is 8.61. The van der Waals surface area contributed by atoms with Gasteiger partial charge in [-0.15, -0.1) is 0 Å². The summed E-state index contributed by atoms with van der Waals surface area (Å²) in [5, 5.41) is 5.79. The molecule has 3 fully saturated rings. The quantitative estimate of drug-likeness (QED) is 0.347. The molecule has 32 heavy (non-hydrogen) atoms. The molecular formula is C22H40FN5O3S. The predicted octanol–water partition coefficient (Wildman–Crippen LogP) is 2.03. The summed E-state index contributed by atoms with van der Waals surface area (Å²) in [6.07, 6.45) is 6.78. The molecule has 184 valence electrons. The van der Waals surface area contributed by atoms with Crippen molar-refractivity contribution in [3.8, 4) is 0 Å². The summed E-state index contributed by atoms with van der Waals surface area (Å²) in [6, 6.07) is 0.260. The van der Waals surface area contributed by atoms with Crippen molar-refractivity contribution in [2.75, 3.05) is 12.8 Å². The lowest BCUT2D eigenvalue weighted by Gasteiger charge is -2.28. The lowest BCUT2D eigenvalue weighted by molar-refractivity contribution is -0.124. The van der Waals surface area contributed by atoms with E-state index in [4.69, 9.17) is 0 Å². The normalized spacial score (nSPS) is 34.5. The van der Waals surface area contributed by atoms with E-state index in [0.29, 0.717) is 56.4 Å². The number of amides is 1. The van der Waals surface area contributed by atoms with Gasteiger partial charge in [-0.2, -0.15) is 0 Å². The van der Waals surface area contributed by atoms with Crippen LogP contribution in [0.5, 0.6) is 0 Å². The topological polar surface area (TPSA) is 112 Å². The highest BCUT2D eigenvalue weighted by Gasteiger charge is 2.35. The number of nitrogens with one attached hydrogen (secondary N) is 4. The number of halogens is 1. The number of hydrogen-bond donors (Lipinski definition) is 4. The van der Waals surface area contributed by atoms with Gasteiger partial charge in [0.25, 0.3) is 0 Å². The first-order valence-electron chi connectivity index (χ1n) is 12.1. The van der Waals surface area contributed by atoms with Crippen LogP contribution in [0.15, 0.2) is 4.99 Å². The fourth-order valence-corrected chi connectivity index (χ4v) is 6.19. The average Bonchev–Trinajstić information content (AvgIpc) is 3.20. The van der Waals surface area contributed by atoms with Crippen LogP contribution in [0.4, 0.5) is 4.39 Å². The Morgan fingerprint density at radius 1 is 1.09 bits per heavy atom. The Labute approximate surface area is 191 Å². The molecule has 10 heteroatoms. The number of rotatable bonds is 6. The van der Waals surface area contributed by atoms with Crippen molar-refractivity contribution in [3.63, 3.8) is 0 Å². The smallest absolute Gasteiger partial charge is 0.229 e. The summed E-state index contributed by atoms with van der Waals surface area (Å²) < 4.78 is 37.4. The van der Waals surface area contributed by atoms with Gasteiger partial charge < -0.3 is 5.32 Å². The molecule has 0 aromatic carbocycles. The van der Waals surface area contributed by atoms with E-state index >= 15 is 0 Å². The fraction of sp³-hybridized carbons (Fsp3) is 0.909. The van der Waals surface area contributed by atoms with Crippen LogP contribution in [-0.2, 0) is 14.6 Å². The Morgan fingerprint density at radius 3 is 2.47 bits per heavy atom. The van der Waals surface area contributed by atoms with Crippen molar-refractivity contribution in [2.24, 2.45) is 22.7 Å². The number of aliphatic imine (C=N–C) groups is 1. The first-order chi connectivity index (χ1) is 15.1.